The zero-order valence-electron chi connectivity index (χ0n) is 20.9. The van der Waals surface area contributed by atoms with Gasteiger partial charge in [0.2, 0.25) is 0 Å². The molecule has 0 bridgehead atoms. The van der Waals surface area contributed by atoms with E-state index in [0.29, 0.717) is 12.2 Å². The van der Waals surface area contributed by atoms with Gasteiger partial charge in [-0.25, -0.2) is 9.97 Å². The summed E-state index contributed by atoms with van der Waals surface area (Å²) in [5.41, 5.74) is 2.53. The maximum absolute atomic E-state index is 10.4. The molecule has 1 aliphatic heterocycles. The Labute approximate surface area is 207 Å². The molecule has 3 aromatic heterocycles. The van der Waals surface area contributed by atoms with Crippen LogP contribution >= 0.6 is 11.8 Å². The van der Waals surface area contributed by atoms with Crippen molar-refractivity contribution in [2.45, 2.75) is 77.7 Å². The van der Waals surface area contributed by atoms with Crippen LogP contribution in [0.5, 0.6) is 0 Å². The number of imidazole rings is 1. The topological polar surface area (TPSA) is 110 Å². The van der Waals surface area contributed by atoms with Crippen LogP contribution in [0.2, 0.25) is 0 Å². The molecule has 1 saturated carbocycles. The van der Waals surface area contributed by atoms with Crippen molar-refractivity contribution >= 4 is 40.1 Å². The lowest BCUT2D eigenvalue weighted by Gasteiger charge is -2.19. The van der Waals surface area contributed by atoms with E-state index in [1.165, 1.54) is 56.5 Å². The molecule has 7 nitrogen and oxygen atoms in total. The van der Waals surface area contributed by atoms with Gasteiger partial charge in [-0.15, -0.1) is 0 Å². The molecule has 4 heterocycles. The third-order valence-electron chi connectivity index (χ3n) is 6.09. The van der Waals surface area contributed by atoms with Crippen LogP contribution in [0.4, 0.5) is 0 Å². The van der Waals surface area contributed by atoms with E-state index in [9.17, 15) is 4.79 Å². The molecule has 2 fully saturated rings. The molecule has 0 aromatic carbocycles. The maximum Gasteiger partial charge on any atom is 0.139 e. The van der Waals surface area contributed by atoms with Crippen molar-refractivity contribution in [3.63, 3.8) is 0 Å². The van der Waals surface area contributed by atoms with Crippen LogP contribution in [-0.4, -0.2) is 50.8 Å². The van der Waals surface area contributed by atoms with Crippen LogP contribution in [0.3, 0.4) is 0 Å². The summed E-state index contributed by atoms with van der Waals surface area (Å²) in [5.74, 6) is 4.12. The van der Waals surface area contributed by atoms with Crippen molar-refractivity contribution < 1.29 is 4.79 Å². The molecule has 1 saturated heterocycles. The quantitative estimate of drug-likeness (QED) is 0.404. The van der Waals surface area contributed by atoms with Gasteiger partial charge in [0.15, 0.2) is 0 Å². The van der Waals surface area contributed by atoms with Crippen LogP contribution in [0.25, 0.3) is 22.1 Å². The summed E-state index contributed by atoms with van der Waals surface area (Å²) < 4.78 is 0. The van der Waals surface area contributed by atoms with Crippen LogP contribution in [0, 0.1) is 17.2 Å². The van der Waals surface area contributed by atoms with Crippen LogP contribution in [0.15, 0.2) is 18.5 Å². The van der Waals surface area contributed by atoms with Crippen molar-refractivity contribution in [3.8, 4) is 6.07 Å². The predicted octanol–water partition coefficient (Wildman–Crippen LogP) is 5.79. The van der Waals surface area contributed by atoms with Gasteiger partial charge in [0.05, 0.1) is 24.2 Å². The zero-order valence-corrected chi connectivity index (χ0v) is 21.7. The van der Waals surface area contributed by atoms with E-state index in [2.05, 4.69) is 50.1 Å². The van der Waals surface area contributed by atoms with Gasteiger partial charge < -0.3 is 20.1 Å². The molecule has 0 unspecified atom stereocenters. The first-order valence-corrected chi connectivity index (χ1v) is 13.8. The highest BCUT2D eigenvalue weighted by atomic mass is 32.2. The second-order valence-electron chi connectivity index (χ2n) is 8.36. The number of H-pyrrole nitrogens is 2. The summed E-state index contributed by atoms with van der Waals surface area (Å²) in [6, 6.07) is 4.98. The number of aromatic nitrogens is 4. The highest BCUT2D eigenvalue weighted by Gasteiger charge is 2.12. The highest BCUT2D eigenvalue weighted by Crippen LogP contribution is 2.25. The minimum absolute atomic E-state index is 0.306. The molecule has 0 radical (unpaired) electrons. The summed E-state index contributed by atoms with van der Waals surface area (Å²) in [5, 5.41) is 12.6. The zero-order chi connectivity index (χ0) is 24.6. The number of aldehydes is 1. The number of carbonyl (C=O) groups excluding carboxylic acids is 1. The Bertz CT molecular complexity index is 996. The number of hydrogen-bond donors (Lipinski definition) is 3. The Hall–Kier alpha value is -2.37. The predicted molar refractivity (Wildman–Crippen MR) is 143 cm³/mol. The lowest BCUT2D eigenvalue weighted by Crippen LogP contribution is -2.28. The van der Waals surface area contributed by atoms with Crippen molar-refractivity contribution in [1.82, 2.24) is 25.3 Å². The van der Waals surface area contributed by atoms with Gasteiger partial charge in [0.25, 0.3) is 0 Å². The minimum atomic E-state index is 0.306. The Morgan fingerprint density at radius 1 is 1.21 bits per heavy atom. The summed E-state index contributed by atoms with van der Waals surface area (Å²) in [6.07, 6.45) is 14.9. The number of nitrogens with zero attached hydrogens (tertiary/aromatic N) is 3. The first kappa shape index (κ1) is 27.9. The molecule has 2 aliphatic rings. The number of rotatable bonds is 4. The van der Waals surface area contributed by atoms with E-state index in [4.69, 9.17) is 5.26 Å². The third-order valence-corrected chi connectivity index (χ3v) is 7.14. The number of carbonyl (C=O) groups is 1. The van der Waals surface area contributed by atoms with E-state index < -0.39 is 0 Å². The largest absolute Gasteiger partial charge is 0.346 e. The molecule has 0 atom stereocenters. The number of nitrogens with one attached hydrogen (secondary N) is 3. The first-order valence-electron chi connectivity index (χ1n) is 12.6. The van der Waals surface area contributed by atoms with Gasteiger partial charge in [0.1, 0.15) is 23.3 Å². The van der Waals surface area contributed by atoms with Gasteiger partial charge in [-0.3, -0.25) is 0 Å². The number of hydrogen-bond acceptors (Lipinski definition) is 6. The molecule has 5 rings (SSSR count). The molecule has 8 heteroatoms. The van der Waals surface area contributed by atoms with E-state index >= 15 is 0 Å². The molecule has 0 amide bonds. The molecule has 0 spiro atoms. The molecule has 34 heavy (non-hydrogen) atoms. The van der Waals surface area contributed by atoms with E-state index in [1.54, 1.807) is 6.20 Å². The van der Waals surface area contributed by atoms with Gasteiger partial charge in [0, 0.05) is 24.0 Å². The fourth-order valence-corrected chi connectivity index (χ4v) is 5.31. The fraction of sp³-hybridized carbons (Fsp3) is 0.615. The maximum atomic E-state index is 10.4. The van der Waals surface area contributed by atoms with Crippen molar-refractivity contribution in [1.29, 1.82) is 5.26 Å². The van der Waals surface area contributed by atoms with E-state index in [0.717, 1.165) is 46.7 Å². The minimum Gasteiger partial charge on any atom is -0.346 e. The van der Waals surface area contributed by atoms with Crippen molar-refractivity contribution in [3.05, 3.63) is 24.3 Å². The second-order valence-corrected chi connectivity index (χ2v) is 9.58. The first-order chi connectivity index (χ1) is 16.7. The van der Waals surface area contributed by atoms with Crippen LogP contribution in [-0.2, 0) is 11.2 Å². The number of aromatic amines is 2. The third kappa shape index (κ3) is 8.77. The summed E-state index contributed by atoms with van der Waals surface area (Å²) >= 11 is 2.07. The summed E-state index contributed by atoms with van der Waals surface area (Å²) in [6.45, 7) is 4.00. The number of nitriles is 1. The highest BCUT2D eigenvalue weighted by molar-refractivity contribution is 7.99. The smallest absolute Gasteiger partial charge is 0.139 e. The van der Waals surface area contributed by atoms with Crippen molar-refractivity contribution in [2.75, 3.05) is 18.6 Å². The molecule has 186 valence electrons. The number of pyridine rings is 1. The molecular formula is C26H40N6OS. The fourth-order valence-electron chi connectivity index (χ4n) is 4.21. The Balaban J connectivity index is 0.000000186. The van der Waals surface area contributed by atoms with Crippen LogP contribution < -0.4 is 5.32 Å². The average molecular weight is 485 g/mol. The molecule has 3 aromatic rings. The summed E-state index contributed by atoms with van der Waals surface area (Å²) in [7, 11) is 2.06. The van der Waals surface area contributed by atoms with Gasteiger partial charge in [-0.1, -0.05) is 33.1 Å². The normalized spacial score (nSPS) is 16.3. The molecule has 3 N–H and O–H groups in total. The average Bonchev–Trinajstić information content (AvgIpc) is 3.54. The molecular weight excluding hydrogens is 444 g/mol. The van der Waals surface area contributed by atoms with Gasteiger partial charge in [-0.2, -0.15) is 17.0 Å². The second kappa shape index (κ2) is 16.3. The SMILES string of the molecule is CC.CNC1CCSCC1.N#CCC1CCCCC1.O=CCc1nc2c(cnc3[nH]ccc32)[nH]1. The molecule has 1 aliphatic carbocycles. The Morgan fingerprint density at radius 3 is 2.56 bits per heavy atom. The standard InChI is InChI=1S/C10H8N4O.C8H13N.C6H13NS.C2H6/c15-4-2-8-13-7-5-12-10-6(1-3-11-10)9(7)14-8;9-7-6-8-4-2-1-3-5-8;1-7-6-2-4-8-5-3-6;1-2/h1,3-5H,2H2,(H,11,12)(H,13,14);8H,1-6H2;6-7H,2-5H2,1H3;1-2H3. The number of fused-ring (bicyclic) bond motifs is 3. The van der Waals surface area contributed by atoms with Crippen LogP contribution in [0.1, 0.15) is 71.0 Å². The lowest BCUT2D eigenvalue weighted by atomic mass is 9.87. The van der Waals surface area contributed by atoms with Gasteiger partial charge in [-0.05, 0) is 56.2 Å². The van der Waals surface area contributed by atoms with E-state index in [1.807, 2.05) is 26.1 Å². The number of thioether (sulfide) groups is 1. The summed E-state index contributed by atoms with van der Waals surface area (Å²) in [4.78, 5) is 25.0. The van der Waals surface area contributed by atoms with Crippen molar-refractivity contribution in [2.24, 2.45) is 5.92 Å². The Kier molecular flexibility index (Phi) is 13.4. The monoisotopic (exact) mass is 484 g/mol. The van der Waals surface area contributed by atoms with E-state index in [-0.39, 0.29) is 0 Å². The van der Waals surface area contributed by atoms with Gasteiger partial charge >= 0.3 is 0 Å². The lowest BCUT2D eigenvalue weighted by molar-refractivity contribution is -0.107. The Morgan fingerprint density at radius 2 is 1.94 bits per heavy atom.